The third-order valence-corrected chi connectivity index (χ3v) is 5.12. The van der Waals surface area contributed by atoms with Crippen LogP contribution in [0.1, 0.15) is 31.2 Å². The summed E-state index contributed by atoms with van der Waals surface area (Å²) in [7, 11) is 0. The quantitative estimate of drug-likeness (QED) is 0.488. The monoisotopic (exact) mass is 396 g/mol. The first-order chi connectivity index (χ1) is 13.5. The minimum absolute atomic E-state index is 0.0347. The molecule has 1 aliphatic rings. The minimum atomic E-state index is -0.652. The molecular weight excluding hydrogens is 383 g/mol. The van der Waals surface area contributed by atoms with Crippen LogP contribution in [0.25, 0.3) is 10.6 Å². The molecule has 3 aromatic rings. The Bertz CT molecular complexity index is 1040. The van der Waals surface area contributed by atoms with Crippen LogP contribution in [-0.2, 0) is 4.74 Å². The Kier molecular flexibility index (Phi) is 4.70. The number of ether oxygens (including phenoxy) is 1. The molecule has 4 rings (SSSR count). The molecule has 0 N–H and O–H groups in total. The summed E-state index contributed by atoms with van der Waals surface area (Å²) >= 11 is 1.23. The molecule has 0 spiro atoms. The van der Waals surface area contributed by atoms with Crippen molar-refractivity contribution in [3.63, 3.8) is 0 Å². The number of fused-ring (bicyclic) bond motifs is 1. The Morgan fingerprint density at radius 1 is 1.04 bits per heavy atom. The topological polar surface area (TPSA) is 76.6 Å². The van der Waals surface area contributed by atoms with Crippen LogP contribution in [0, 0.1) is 5.82 Å². The van der Waals surface area contributed by atoms with Crippen LogP contribution in [0.15, 0.2) is 53.9 Å². The van der Waals surface area contributed by atoms with Crippen LogP contribution in [0.4, 0.5) is 4.39 Å². The van der Waals surface area contributed by atoms with E-state index in [-0.39, 0.29) is 24.7 Å². The summed E-state index contributed by atoms with van der Waals surface area (Å²) in [4.78, 5) is 42.0. The number of nitrogens with zero attached hydrogens (tertiary/aromatic N) is 2. The Morgan fingerprint density at radius 3 is 2.32 bits per heavy atom. The lowest BCUT2D eigenvalue weighted by molar-refractivity contribution is 0.0416. The van der Waals surface area contributed by atoms with E-state index >= 15 is 0 Å². The van der Waals surface area contributed by atoms with Gasteiger partial charge in [-0.15, -0.1) is 11.3 Å². The Labute approximate surface area is 163 Å². The highest BCUT2D eigenvalue weighted by molar-refractivity contribution is 7.13. The number of benzene rings is 2. The van der Waals surface area contributed by atoms with E-state index < -0.39 is 17.8 Å². The van der Waals surface area contributed by atoms with E-state index in [4.69, 9.17) is 4.74 Å². The third-order valence-electron chi connectivity index (χ3n) is 4.23. The van der Waals surface area contributed by atoms with Gasteiger partial charge in [-0.2, -0.15) is 0 Å². The van der Waals surface area contributed by atoms with E-state index in [0.29, 0.717) is 21.7 Å². The van der Waals surface area contributed by atoms with E-state index in [1.54, 1.807) is 41.8 Å². The predicted octanol–water partition coefficient (Wildman–Crippen LogP) is 3.40. The third kappa shape index (κ3) is 3.29. The molecule has 8 heteroatoms. The molecule has 28 heavy (non-hydrogen) atoms. The molecule has 2 heterocycles. The van der Waals surface area contributed by atoms with E-state index in [2.05, 4.69) is 4.98 Å². The number of rotatable bonds is 5. The number of amides is 2. The highest BCUT2D eigenvalue weighted by Gasteiger charge is 2.34. The number of esters is 1. The standard InChI is InChI=1S/C20H13FN2O4S/c21-13-7-5-12(6-8-13)17-22-16(11-28-17)20(26)27-10-9-23-18(24)14-3-1-2-4-15(14)19(23)25/h1-8,11H,9-10H2. The highest BCUT2D eigenvalue weighted by atomic mass is 32.1. The first kappa shape index (κ1) is 18.0. The molecule has 0 bridgehead atoms. The molecule has 0 saturated heterocycles. The molecule has 0 aliphatic carbocycles. The van der Waals surface area contributed by atoms with Crippen molar-refractivity contribution in [2.45, 2.75) is 0 Å². The van der Waals surface area contributed by atoms with E-state index in [0.717, 1.165) is 4.90 Å². The van der Waals surface area contributed by atoms with Crippen LogP contribution in [0.5, 0.6) is 0 Å². The van der Waals surface area contributed by atoms with E-state index in [1.165, 1.54) is 23.5 Å². The van der Waals surface area contributed by atoms with Crippen LogP contribution < -0.4 is 0 Å². The van der Waals surface area contributed by atoms with Crippen molar-refractivity contribution in [2.24, 2.45) is 0 Å². The maximum absolute atomic E-state index is 13.0. The van der Waals surface area contributed by atoms with Crippen LogP contribution >= 0.6 is 11.3 Å². The molecule has 140 valence electrons. The average molecular weight is 396 g/mol. The summed E-state index contributed by atoms with van der Waals surface area (Å²) in [5, 5.41) is 2.11. The average Bonchev–Trinajstić information content (AvgIpc) is 3.29. The number of aromatic nitrogens is 1. The highest BCUT2D eigenvalue weighted by Crippen LogP contribution is 2.25. The number of hydrogen-bond acceptors (Lipinski definition) is 6. The van der Waals surface area contributed by atoms with Crippen molar-refractivity contribution >= 4 is 29.1 Å². The molecular formula is C20H13FN2O4S. The molecule has 6 nitrogen and oxygen atoms in total. The Balaban J connectivity index is 1.36. The van der Waals surface area contributed by atoms with Gasteiger partial charge in [0, 0.05) is 10.9 Å². The summed E-state index contributed by atoms with van der Waals surface area (Å²) in [5.41, 5.74) is 1.51. The first-order valence-corrected chi connectivity index (χ1v) is 9.26. The predicted molar refractivity (Wildman–Crippen MR) is 99.6 cm³/mol. The van der Waals surface area contributed by atoms with Crippen molar-refractivity contribution in [3.05, 3.63) is 76.5 Å². The first-order valence-electron chi connectivity index (χ1n) is 8.38. The van der Waals surface area contributed by atoms with Crippen molar-refractivity contribution in [1.29, 1.82) is 0 Å². The maximum atomic E-state index is 13.0. The fourth-order valence-electron chi connectivity index (χ4n) is 2.84. The lowest BCUT2D eigenvalue weighted by Crippen LogP contribution is -2.33. The fourth-order valence-corrected chi connectivity index (χ4v) is 3.63. The number of carbonyl (C=O) groups is 3. The summed E-state index contributed by atoms with van der Waals surface area (Å²) in [6, 6.07) is 12.3. The largest absolute Gasteiger partial charge is 0.459 e. The minimum Gasteiger partial charge on any atom is -0.459 e. The fraction of sp³-hybridized carbons (Fsp3) is 0.100. The molecule has 2 aromatic carbocycles. The lowest BCUT2D eigenvalue weighted by Gasteiger charge is -2.13. The van der Waals surface area contributed by atoms with E-state index in [9.17, 15) is 18.8 Å². The van der Waals surface area contributed by atoms with Crippen LogP contribution in [0.3, 0.4) is 0 Å². The van der Waals surface area contributed by atoms with Crippen LogP contribution in [-0.4, -0.2) is 40.8 Å². The molecule has 0 atom stereocenters. The Hall–Kier alpha value is -3.39. The lowest BCUT2D eigenvalue weighted by atomic mass is 10.1. The van der Waals surface area contributed by atoms with Gasteiger partial charge in [0.25, 0.3) is 11.8 Å². The molecule has 1 aromatic heterocycles. The summed E-state index contributed by atoms with van der Waals surface area (Å²) < 4.78 is 18.2. The summed E-state index contributed by atoms with van der Waals surface area (Å²) in [6.45, 7) is -0.166. The van der Waals surface area contributed by atoms with Gasteiger partial charge < -0.3 is 4.74 Å². The van der Waals surface area contributed by atoms with Crippen LogP contribution in [0.2, 0.25) is 0 Å². The molecule has 2 amide bonds. The number of hydrogen-bond donors (Lipinski definition) is 0. The number of halogens is 1. The second-order valence-corrected chi connectivity index (χ2v) is 6.85. The van der Waals surface area contributed by atoms with Gasteiger partial charge in [0.15, 0.2) is 5.69 Å². The van der Waals surface area contributed by atoms with Gasteiger partial charge >= 0.3 is 5.97 Å². The van der Waals surface area contributed by atoms with Crippen molar-refractivity contribution in [3.8, 4) is 10.6 Å². The molecule has 0 saturated carbocycles. The van der Waals surface area contributed by atoms with Gasteiger partial charge in [-0.1, -0.05) is 12.1 Å². The Morgan fingerprint density at radius 2 is 1.68 bits per heavy atom. The molecule has 0 unspecified atom stereocenters. The molecule has 0 radical (unpaired) electrons. The van der Waals surface area contributed by atoms with Gasteiger partial charge in [-0.05, 0) is 36.4 Å². The maximum Gasteiger partial charge on any atom is 0.357 e. The van der Waals surface area contributed by atoms with Gasteiger partial charge in [0.1, 0.15) is 17.4 Å². The smallest absolute Gasteiger partial charge is 0.357 e. The van der Waals surface area contributed by atoms with Gasteiger partial charge in [0.05, 0.1) is 17.7 Å². The zero-order valence-corrected chi connectivity index (χ0v) is 15.2. The van der Waals surface area contributed by atoms with Gasteiger partial charge in [-0.25, -0.2) is 14.2 Å². The zero-order valence-electron chi connectivity index (χ0n) is 14.4. The second-order valence-electron chi connectivity index (χ2n) is 5.99. The van der Waals surface area contributed by atoms with Gasteiger partial charge in [0.2, 0.25) is 0 Å². The summed E-state index contributed by atoms with van der Waals surface area (Å²) in [6.07, 6.45) is 0. The second kappa shape index (κ2) is 7.32. The summed E-state index contributed by atoms with van der Waals surface area (Å²) in [5.74, 6) is -1.80. The number of thiazole rings is 1. The van der Waals surface area contributed by atoms with Crippen molar-refractivity contribution < 1.29 is 23.5 Å². The number of carbonyl (C=O) groups excluding carboxylic acids is 3. The number of imide groups is 1. The van der Waals surface area contributed by atoms with Crippen molar-refractivity contribution in [2.75, 3.05) is 13.2 Å². The van der Waals surface area contributed by atoms with E-state index in [1.807, 2.05) is 0 Å². The van der Waals surface area contributed by atoms with Crippen molar-refractivity contribution in [1.82, 2.24) is 9.88 Å². The zero-order chi connectivity index (χ0) is 19.7. The normalized spacial score (nSPS) is 13.0. The van der Waals surface area contributed by atoms with Gasteiger partial charge in [-0.3, -0.25) is 14.5 Å². The molecule has 0 fully saturated rings. The SMILES string of the molecule is O=C(OCCN1C(=O)c2ccccc2C1=O)c1csc(-c2ccc(F)cc2)n1. The molecule has 1 aliphatic heterocycles.